The zero-order chi connectivity index (χ0) is 8.97. The molecule has 12 heavy (non-hydrogen) atoms. The molecule has 2 atom stereocenters. The van der Waals surface area contributed by atoms with Crippen molar-refractivity contribution in [1.82, 2.24) is 5.43 Å². The highest BCUT2D eigenvalue weighted by atomic mass is 16.5. The second-order valence-corrected chi connectivity index (χ2v) is 3.56. The zero-order valence-corrected chi connectivity index (χ0v) is 7.84. The van der Waals surface area contributed by atoms with E-state index in [9.17, 15) is 0 Å². The number of rotatable bonds is 3. The van der Waals surface area contributed by atoms with Crippen molar-refractivity contribution < 1.29 is 4.74 Å². The Kier molecular flexibility index (Phi) is 3.72. The summed E-state index contributed by atoms with van der Waals surface area (Å²) >= 11 is 0. The van der Waals surface area contributed by atoms with Gasteiger partial charge in [-0.2, -0.15) is 0 Å². The summed E-state index contributed by atoms with van der Waals surface area (Å²) in [6, 6.07) is 0.275. The molecule has 1 fully saturated rings. The highest BCUT2D eigenvalue weighted by Gasteiger charge is 2.22. The van der Waals surface area contributed by atoms with Crippen LogP contribution in [0, 0.1) is 5.92 Å². The maximum absolute atomic E-state index is 5.45. The molecule has 0 aromatic rings. The third-order valence-corrected chi connectivity index (χ3v) is 2.18. The van der Waals surface area contributed by atoms with Gasteiger partial charge in [-0.25, -0.2) is 0 Å². The van der Waals surface area contributed by atoms with Gasteiger partial charge in [-0.15, -0.1) is 0 Å². The van der Waals surface area contributed by atoms with E-state index in [1.165, 1.54) is 5.57 Å². The van der Waals surface area contributed by atoms with E-state index in [4.69, 9.17) is 10.6 Å². The van der Waals surface area contributed by atoms with E-state index in [2.05, 4.69) is 25.3 Å². The van der Waals surface area contributed by atoms with Gasteiger partial charge in [-0.1, -0.05) is 11.6 Å². The fourth-order valence-corrected chi connectivity index (χ4v) is 1.52. The Morgan fingerprint density at radius 3 is 2.83 bits per heavy atom. The highest BCUT2D eigenvalue weighted by molar-refractivity contribution is 5.03. The van der Waals surface area contributed by atoms with Crippen LogP contribution in [0.2, 0.25) is 0 Å². The van der Waals surface area contributed by atoms with Gasteiger partial charge in [0.25, 0.3) is 0 Å². The number of nitrogens with two attached hydrogens (primary N) is 1. The largest absolute Gasteiger partial charge is 0.381 e. The average Bonchev–Trinajstić information content (AvgIpc) is 2.51. The van der Waals surface area contributed by atoms with Gasteiger partial charge in [-0.05, 0) is 20.3 Å². The molecule has 0 amide bonds. The van der Waals surface area contributed by atoms with E-state index in [-0.39, 0.29) is 6.04 Å². The number of hydrazine groups is 1. The third kappa shape index (κ3) is 2.59. The van der Waals surface area contributed by atoms with Crippen molar-refractivity contribution in [2.45, 2.75) is 26.3 Å². The maximum Gasteiger partial charge on any atom is 0.0513 e. The second kappa shape index (κ2) is 4.60. The Bertz CT molecular complexity index is 158. The first-order valence-corrected chi connectivity index (χ1v) is 4.43. The van der Waals surface area contributed by atoms with E-state index >= 15 is 0 Å². The van der Waals surface area contributed by atoms with Crippen molar-refractivity contribution in [3.8, 4) is 0 Å². The number of ether oxygens (including phenoxy) is 1. The fourth-order valence-electron chi connectivity index (χ4n) is 1.52. The second-order valence-electron chi connectivity index (χ2n) is 3.56. The van der Waals surface area contributed by atoms with Crippen molar-refractivity contribution >= 4 is 0 Å². The van der Waals surface area contributed by atoms with E-state index in [1.807, 2.05) is 0 Å². The average molecular weight is 170 g/mol. The van der Waals surface area contributed by atoms with Gasteiger partial charge < -0.3 is 4.74 Å². The lowest BCUT2D eigenvalue weighted by Gasteiger charge is -2.17. The molecule has 1 rings (SSSR count). The van der Waals surface area contributed by atoms with Crippen molar-refractivity contribution in [3.63, 3.8) is 0 Å². The number of hydrogen-bond acceptors (Lipinski definition) is 3. The van der Waals surface area contributed by atoms with Gasteiger partial charge in [0.2, 0.25) is 0 Å². The molecule has 1 aliphatic rings. The van der Waals surface area contributed by atoms with E-state index in [0.29, 0.717) is 5.92 Å². The molecule has 1 heterocycles. The van der Waals surface area contributed by atoms with Gasteiger partial charge >= 0.3 is 0 Å². The van der Waals surface area contributed by atoms with E-state index in [1.54, 1.807) is 0 Å². The summed E-state index contributed by atoms with van der Waals surface area (Å²) in [6.07, 6.45) is 3.28. The molecule has 3 N–H and O–H groups in total. The summed E-state index contributed by atoms with van der Waals surface area (Å²) in [5, 5.41) is 0. The van der Waals surface area contributed by atoms with Crippen LogP contribution in [-0.2, 0) is 4.74 Å². The standard InChI is InChI=1S/C9H18N2O/c1-7(2)5-9(11-10)8-3-4-12-6-8/h5,8-9,11H,3-4,6,10H2,1-2H3. The molecule has 0 radical (unpaired) electrons. The predicted octanol–water partition coefficient (Wildman–Crippen LogP) is 0.821. The first-order chi connectivity index (χ1) is 5.74. The summed E-state index contributed by atoms with van der Waals surface area (Å²) < 4.78 is 5.30. The predicted molar refractivity (Wildman–Crippen MR) is 49.5 cm³/mol. The third-order valence-electron chi connectivity index (χ3n) is 2.18. The van der Waals surface area contributed by atoms with Crippen molar-refractivity contribution in [2.24, 2.45) is 11.8 Å². The zero-order valence-electron chi connectivity index (χ0n) is 7.84. The molecular weight excluding hydrogens is 152 g/mol. The minimum atomic E-state index is 0.275. The van der Waals surface area contributed by atoms with Crippen LogP contribution in [0.15, 0.2) is 11.6 Å². The van der Waals surface area contributed by atoms with Crippen LogP contribution in [0.4, 0.5) is 0 Å². The molecule has 0 aromatic carbocycles. The summed E-state index contributed by atoms with van der Waals surface area (Å²) in [4.78, 5) is 0. The normalized spacial score (nSPS) is 25.4. The molecule has 0 aliphatic carbocycles. The maximum atomic E-state index is 5.45. The van der Waals surface area contributed by atoms with E-state index in [0.717, 1.165) is 19.6 Å². The highest BCUT2D eigenvalue weighted by Crippen LogP contribution is 2.17. The molecule has 0 saturated carbocycles. The smallest absolute Gasteiger partial charge is 0.0513 e. The molecule has 0 bridgehead atoms. The number of allylic oxidation sites excluding steroid dienone is 1. The van der Waals surface area contributed by atoms with Crippen LogP contribution in [0.1, 0.15) is 20.3 Å². The van der Waals surface area contributed by atoms with Gasteiger partial charge in [0.15, 0.2) is 0 Å². The van der Waals surface area contributed by atoms with Crippen LogP contribution < -0.4 is 11.3 Å². The minimum Gasteiger partial charge on any atom is -0.381 e. The molecule has 1 aliphatic heterocycles. The minimum absolute atomic E-state index is 0.275. The molecule has 2 unspecified atom stereocenters. The van der Waals surface area contributed by atoms with Crippen LogP contribution in [-0.4, -0.2) is 19.3 Å². The van der Waals surface area contributed by atoms with Gasteiger partial charge in [0.1, 0.15) is 0 Å². The first-order valence-electron chi connectivity index (χ1n) is 4.43. The Labute approximate surface area is 73.9 Å². The van der Waals surface area contributed by atoms with Crippen LogP contribution in [0.25, 0.3) is 0 Å². The summed E-state index contributed by atoms with van der Waals surface area (Å²) in [5.41, 5.74) is 4.12. The molecule has 3 nitrogen and oxygen atoms in total. The lowest BCUT2D eigenvalue weighted by atomic mass is 9.98. The Hall–Kier alpha value is -0.380. The Morgan fingerprint density at radius 1 is 1.67 bits per heavy atom. The molecule has 0 spiro atoms. The fraction of sp³-hybridized carbons (Fsp3) is 0.778. The number of hydrogen-bond donors (Lipinski definition) is 2. The SMILES string of the molecule is CC(C)=CC(NN)C1CCOC1. The lowest BCUT2D eigenvalue weighted by molar-refractivity contribution is 0.181. The van der Waals surface area contributed by atoms with Gasteiger partial charge in [-0.3, -0.25) is 11.3 Å². The van der Waals surface area contributed by atoms with Crippen LogP contribution in [0.3, 0.4) is 0 Å². The van der Waals surface area contributed by atoms with Crippen LogP contribution >= 0.6 is 0 Å². The Morgan fingerprint density at radius 2 is 2.42 bits per heavy atom. The van der Waals surface area contributed by atoms with E-state index < -0.39 is 0 Å². The lowest BCUT2D eigenvalue weighted by Crippen LogP contribution is -2.39. The quantitative estimate of drug-likeness (QED) is 0.374. The molecule has 0 aromatic heterocycles. The summed E-state index contributed by atoms with van der Waals surface area (Å²) in [5.74, 6) is 6.00. The van der Waals surface area contributed by atoms with Crippen molar-refractivity contribution in [3.05, 3.63) is 11.6 Å². The number of nitrogens with one attached hydrogen (secondary N) is 1. The molecule has 1 saturated heterocycles. The van der Waals surface area contributed by atoms with Crippen LogP contribution in [0.5, 0.6) is 0 Å². The van der Waals surface area contributed by atoms with Gasteiger partial charge in [0.05, 0.1) is 6.61 Å². The first kappa shape index (κ1) is 9.71. The topological polar surface area (TPSA) is 47.3 Å². The van der Waals surface area contributed by atoms with Crippen molar-refractivity contribution in [1.29, 1.82) is 0 Å². The Balaban J connectivity index is 2.49. The summed E-state index contributed by atoms with van der Waals surface area (Å²) in [6.45, 7) is 5.87. The van der Waals surface area contributed by atoms with Gasteiger partial charge in [0, 0.05) is 18.6 Å². The monoisotopic (exact) mass is 170 g/mol. The summed E-state index contributed by atoms with van der Waals surface area (Å²) in [7, 11) is 0. The molecule has 3 heteroatoms. The molecule has 70 valence electrons. The molecular formula is C9H18N2O. The van der Waals surface area contributed by atoms with Crippen molar-refractivity contribution in [2.75, 3.05) is 13.2 Å².